The Kier molecular flexibility index (Phi) is 6.08. The summed E-state index contributed by atoms with van der Waals surface area (Å²) < 4.78 is 12.2. The second-order valence-electron chi connectivity index (χ2n) is 7.48. The molecule has 1 fully saturated rings. The van der Waals surface area contributed by atoms with Gasteiger partial charge in [-0.05, 0) is 62.1 Å². The smallest absolute Gasteiger partial charge is 0.287 e. The van der Waals surface area contributed by atoms with Crippen molar-refractivity contribution in [3.8, 4) is 5.75 Å². The fourth-order valence-electron chi connectivity index (χ4n) is 3.21. The monoisotopic (exact) mass is 470 g/mol. The topological polar surface area (TPSA) is 80.6 Å². The summed E-state index contributed by atoms with van der Waals surface area (Å²) in [5.41, 5.74) is 2.59. The van der Waals surface area contributed by atoms with Gasteiger partial charge < -0.3 is 19.8 Å². The van der Waals surface area contributed by atoms with Crippen LogP contribution in [0.2, 0.25) is 0 Å². The maximum atomic E-state index is 12.5. The molecule has 7 heteroatoms. The van der Waals surface area contributed by atoms with Gasteiger partial charge in [-0.25, -0.2) is 0 Å². The van der Waals surface area contributed by atoms with Crippen LogP contribution in [0.1, 0.15) is 34.5 Å². The number of aryl methyl sites for hydroxylation is 1. The van der Waals surface area contributed by atoms with Crippen molar-refractivity contribution in [2.45, 2.75) is 32.2 Å². The van der Waals surface area contributed by atoms with E-state index in [1.165, 1.54) is 0 Å². The van der Waals surface area contributed by atoms with Gasteiger partial charge in [0.2, 0.25) is 0 Å². The lowest BCUT2D eigenvalue weighted by Crippen LogP contribution is -2.30. The first-order valence-corrected chi connectivity index (χ1v) is 10.8. The van der Waals surface area contributed by atoms with Crippen molar-refractivity contribution in [3.63, 3.8) is 0 Å². The van der Waals surface area contributed by atoms with Crippen LogP contribution in [-0.4, -0.2) is 31.0 Å². The number of carbonyl (C=O) groups excluding carboxylic acids is 2. The zero-order valence-electron chi connectivity index (χ0n) is 16.7. The number of halogens is 1. The van der Waals surface area contributed by atoms with E-state index in [1.807, 2.05) is 49.4 Å². The van der Waals surface area contributed by atoms with Crippen molar-refractivity contribution < 1.29 is 18.7 Å². The molecule has 156 valence electrons. The zero-order valence-corrected chi connectivity index (χ0v) is 18.3. The predicted octanol–water partition coefficient (Wildman–Crippen LogP) is 4.13. The van der Waals surface area contributed by atoms with Crippen molar-refractivity contribution in [2.24, 2.45) is 0 Å². The summed E-state index contributed by atoms with van der Waals surface area (Å²) in [6.07, 6.45) is 2.80. The molecule has 0 spiro atoms. The lowest BCUT2D eigenvalue weighted by Gasteiger charge is -2.08. The highest BCUT2D eigenvalue weighted by atomic mass is 79.9. The van der Waals surface area contributed by atoms with Gasteiger partial charge in [-0.2, -0.15) is 0 Å². The molecule has 2 N–H and O–H groups in total. The highest BCUT2D eigenvalue weighted by molar-refractivity contribution is 9.10. The normalized spacial score (nSPS) is 13.3. The van der Waals surface area contributed by atoms with Crippen LogP contribution in [0.4, 0.5) is 0 Å². The molecule has 4 rings (SSSR count). The molecule has 3 aromatic rings. The number of ether oxygens (including phenoxy) is 1. The van der Waals surface area contributed by atoms with Gasteiger partial charge in [0.1, 0.15) is 11.3 Å². The van der Waals surface area contributed by atoms with Gasteiger partial charge in [0.05, 0.1) is 0 Å². The number of furan rings is 1. The maximum absolute atomic E-state index is 12.5. The summed E-state index contributed by atoms with van der Waals surface area (Å²) in [6, 6.07) is 13.6. The highest BCUT2D eigenvalue weighted by Crippen LogP contribution is 2.28. The van der Waals surface area contributed by atoms with E-state index in [0.717, 1.165) is 33.8 Å². The molecule has 0 atom stereocenters. The molecular weight excluding hydrogens is 448 g/mol. The van der Waals surface area contributed by atoms with Crippen LogP contribution in [-0.2, 0) is 11.2 Å². The Morgan fingerprint density at radius 3 is 2.67 bits per heavy atom. The van der Waals surface area contributed by atoms with Gasteiger partial charge in [-0.1, -0.05) is 28.1 Å². The average molecular weight is 471 g/mol. The van der Waals surface area contributed by atoms with Gasteiger partial charge in [-0.3, -0.25) is 9.59 Å². The lowest BCUT2D eigenvalue weighted by molar-refractivity contribution is -0.123. The van der Waals surface area contributed by atoms with Crippen LogP contribution < -0.4 is 15.4 Å². The van der Waals surface area contributed by atoms with Gasteiger partial charge in [0.15, 0.2) is 12.4 Å². The van der Waals surface area contributed by atoms with E-state index in [4.69, 9.17) is 9.15 Å². The molecule has 1 aliphatic carbocycles. The minimum absolute atomic E-state index is 0.0271. The minimum Gasteiger partial charge on any atom is -0.484 e. The van der Waals surface area contributed by atoms with Crippen LogP contribution in [0.5, 0.6) is 5.75 Å². The Bertz CT molecular complexity index is 1070. The Morgan fingerprint density at radius 1 is 1.17 bits per heavy atom. The third-order valence-corrected chi connectivity index (χ3v) is 5.53. The van der Waals surface area contributed by atoms with Crippen molar-refractivity contribution in [3.05, 3.63) is 63.8 Å². The number of carbonyl (C=O) groups is 2. The molecular formula is C23H23BrN2O4. The summed E-state index contributed by atoms with van der Waals surface area (Å²) in [5.74, 6) is 0.688. The van der Waals surface area contributed by atoms with Crippen molar-refractivity contribution in [1.29, 1.82) is 0 Å². The average Bonchev–Trinajstić information content (AvgIpc) is 3.49. The Morgan fingerprint density at radius 2 is 1.93 bits per heavy atom. The molecule has 0 bridgehead atoms. The van der Waals surface area contributed by atoms with E-state index in [9.17, 15) is 9.59 Å². The number of hydrogen-bond acceptors (Lipinski definition) is 4. The predicted molar refractivity (Wildman–Crippen MR) is 118 cm³/mol. The summed E-state index contributed by atoms with van der Waals surface area (Å²) in [4.78, 5) is 24.2. The second-order valence-corrected chi connectivity index (χ2v) is 8.39. The van der Waals surface area contributed by atoms with E-state index in [0.29, 0.717) is 36.1 Å². The quantitative estimate of drug-likeness (QED) is 0.518. The molecule has 0 aliphatic heterocycles. The molecule has 1 saturated carbocycles. The Hall–Kier alpha value is -2.80. The minimum atomic E-state index is -0.221. The molecule has 0 radical (unpaired) electrons. The summed E-state index contributed by atoms with van der Waals surface area (Å²) in [6.45, 7) is 2.40. The van der Waals surface area contributed by atoms with E-state index < -0.39 is 0 Å². The lowest BCUT2D eigenvalue weighted by atomic mass is 10.1. The Labute approximate surface area is 183 Å². The number of benzene rings is 2. The molecule has 2 amide bonds. The molecule has 1 heterocycles. The molecule has 0 unspecified atom stereocenters. The number of amides is 2. The van der Waals surface area contributed by atoms with Gasteiger partial charge in [0.25, 0.3) is 11.8 Å². The molecule has 1 aliphatic rings. The van der Waals surface area contributed by atoms with Crippen molar-refractivity contribution in [2.75, 3.05) is 13.2 Å². The molecule has 30 heavy (non-hydrogen) atoms. The summed E-state index contributed by atoms with van der Waals surface area (Å²) in [5, 5.41) is 6.73. The SMILES string of the molecule is Cc1c(C(=O)NCCc2ccc(OCC(=O)NC3CC3)cc2)oc2ccc(Br)cc12. The largest absolute Gasteiger partial charge is 0.484 e. The first kappa shape index (κ1) is 20.5. The summed E-state index contributed by atoms with van der Waals surface area (Å²) >= 11 is 3.44. The van der Waals surface area contributed by atoms with Gasteiger partial charge in [-0.15, -0.1) is 0 Å². The summed E-state index contributed by atoms with van der Waals surface area (Å²) in [7, 11) is 0. The number of nitrogens with one attached hydrogen (secondary N) is 2. The van der Waals surface area contributed by atoms with Crippen LogP contribution >= 0.6 is 15.9 Å². The van der Waals surface area contributed by atoms with Crippen molar-refractivity contribution in [1.82, 2.24) is 10.6 Å². The van der Waals surface area contributed by atoms with Crippen LogP contribution in [0.15, 0.2) is 51.4 Å². The maximum Gasteiger partial charge on any atom is 0.287 e. The second kappa shape index (κ2) is 8.92. The first-order chi connectivity index (χ1) is 14.5. The third kappa shape index (κ3) is 5.02. The molecule has 0 saturated heterocycles. The highest BCUT2D eigenvalue weighted by Gasteiger charge is 2.23. The fourth-order valence-corrected chi connectivity index (χ4v) is 3.57. The fraction of sp³-hybridized carbons (Fsp3) is 0.304. The van der Waals surface area contributed by atoms with E-state index in [1.54, 1.807) is 0 Å². The van der Waals surface area contributed by atoms with Crippen LogP contribution in [0.3, 0.4) is 0 Å². The van der Waals surface area contributed by atoms with E-state index in [2.05, 4.69) is 26.6 Å². The molecule has 1 aromatic heterocycles. The Balaban J connectivity index is 1.26. The standard InChI is InChI=1S/C23H23BrN2O4/c1-14-19-12-16(24)4-9-20(19)30-22(14)23(28)25-11-10-15-2-7-18(8-3-15)29-13-21(27)26-17-5-6-17/h2-4,7-9,12,17H,5-6,10-11,13H2,1H3,(H,25,28)(H,26,27). The number of rotatable bonds is 8. The van der Waals surface area contributed by atoms with Crippen LogP contribution in [0.25, 0.3) is 11.0 Å². The van der Waals surface area contributed by atoms with Gasteiger partial charge >= 0.3 is 0 Å². The zero-order chi connectivity index (χ0) is 21.1. The molecule has 6 nitrogen and oxygen atoms in total. The van der Waals surface area contributed by atoms with E-state index >= 15 is 0 Å². The van der Waals surface area contributed by atoms with E-state index in [-0.39, 0.29) is 18.4 Å². The van der Waals surface area contributed by atoms with Crippen molar-refractivity contribution >= 4 is 38.7 Å². The third-order valence-electron chi connectivity index (χ3n) is 5.04. The number of hydrogen-bond donors (Lipinski definition) is 2. The van der Waals surface area contributed by atoms with Gasteiger partial charge in [0, 0.05) is 28.0 Å². The van der Waals surface area contributed by atoms with Crippen LogP contribution in [0, 0.1) is 6.92 Å². The molecule has 2 aromatic carbocycles. The first-order valence-electron chi connectivity index (χ1n) is 9.97. The number of fused-ring (bicyclic) bond motifs is 1.